The lowest BCUT2D eigenvalue weighted by atomic mass is 9.92. The maximum absolute atomic E-state index is 12.8. The first-order valence-corrected chi connectivity index (χ1v) is 13.6. The van der Waals surface area contributed by atoms with Crippen LogP contribution >= 0.6 is 0 Å². The predicted molar refractivity (Wildman–Crippen MR) is 147 cm³/mol. The lowest BCUT2D eigenvalue weighted by Gasteiger charge is -2.31. The van der Waals surface area contributed by atoms with E-state index in [1.165, 1.54) is 51.4 Å². The number of nitrogens with one attached hydrogen (secondary N) is 1. The van der Waals surface area contributed by atoms with Gasteiger partial charge in [-0.15, -0.1) is 0 Å². The van der Waals surface area contributed by atoms with E-state index in [4.69, 9.17) is 4.74 Å². The number of rotatable bonds is 17. The molecule has 4 nitrogen and oxygen atoms in total. The molecule has 1 aromatic carbocycles. The van der Waals surface area contributed by atoms with Crippen LogP contribution in [0.25, 0.3) is 5.57 Å². The number of allylic oxidation sites excluding steroid dienone is 1. The Morgan fingerprint density at radius 1 is 1.03 bits per heavy atom. The molecule has 0 radical (unpaired) electrons. The molecule has 0 bridgehead atoms. The van der Waals surface area contributed by atoms with Crippen molar-refractivity contribution >= 4 is 11.7 Å². The Kier molecular flexibility index (Phi) is 14.2. The summed E-state index contributed by atoms with van der Waals surface area (Å²) in [6, 6.07) is 8.19. The van der Waals surface area contributed by atoms with Gasteiger partial charge in [0.2, 0.25) is 0 Å². The quantitative estimate of drug-likeness (QED) is 0.231. The molecule has 0 aliphatic carbocycles. The number of hydrogen-bond donors (Lipinski definition) is 1. The number of nitrogens with zero attached hydrogens (tertiary/aromatic N) is 1. The van der Waals surface area contributed by atoms with Crippen LogP contribution in [0.1, 0.15) is 111 Å². The van der Waals surface area contributed by atoms with Gasteiger partial charge < -0.3 is 10.1 Å². The van der Waals surface area contributed by atoms with Crippen LogP contribution in [-0.4, -0.2) is 30.8 Å². The molecule has 1 aromatic rings. The molecule has 0 heterocycles. The normalized spacial score (nSPS) is 13.5. The van der Waals surface area contributed by atoms with Gasteiger partial charge in [0, 0.05) is 13.1 Å². The second kappa shape index (κ2) is 16.0. The first-order chi connectivity index (χ1) is 16.2. The smallest absolute Gasteiger partial charge is 0.409 e. The monoisotopic (exact) mass is 472 g/mol. The fraction of sp³-hybridized carbons (Fsp3) is 0.700. The molecule has 0 aliphatic rings. The highest BCUT2D eigenvalue weighted by Crippen LogP contribution is 2.24. The molecule has 0 saturated heterocycles. The van der Waals surface area contributed by atoms with E-state index in [1.807, 2.05) is 39.0 Å². The molecule has 194 valence electrons. The fourth-order valence-electron chi connectivity index (χ4n) is 4.43. The standard InChI is InChI=1S/C30H52N2O2/c1-9-13-16-25(11-3)21-32(22-26(12-4)17-14-10-2)23-34-29(33)31-30(7,8)28-19-15-18-27(20-28)24(5)6/h15,18-20,25-26H,5,9-14,16-17,21-23H2,1-4,6-8H3,(H,31,33). The summed E-state index contributed by atoms with van der Waals surface area (Å²) in [5.74, 6) is 1.30. The van der Waals surface area contributed by atoms with E-state index in [0.29, 0.717) is 18.6 Å². The van der Waals surface area contributed by atoms with Gasteiger partial charge in [0.05, 0.1) is 5.54 Å². The van der Waals surface area contributed by atoms with Crippen molar-refractivity contribution in [3.63, 3.8) is 0 Å². The molecule has 1 rings (SSSR count). The lowest BCUT2D eigenvalue weighted by molar-refractivity contribution is 0.0428. The van der Waals surface area contributed by atoms with Crippen molar-refractivity contribution in [2.24, 2.45) is 11.8 Å². The first kappa shape index (κ1) is 30.2. The second-order valence-electron chi connectivity index (χ2n) is 10.5. The van der Waals surface area contributed by atoms with Gasteiger partial charge in [-0.2, -0.15) is 0 Å². The Morgan fingerprint density at radius 2 is 1.59 bits per heavy atom. The highest BCUT2D eigenvalue weighted by molar-refractivity contribution is 5.69. The van der Waals surface area contributed by atoms with Crippen LogP contribution in [0.5, 0.6) is 0 Å². The maximum atomic E-state index is 12.8. The van der Waals surface area contributed by atoms with E-state index in [1.54, 1.807) is 0 Å². The van der Waals surface area contributed by atoms with Crippen LogP contribution in [0, 0.1) is 11.8 Å². The number of carbonyl (C=O) groups excluding carboxylic acids is 1. The summed E-state index contributed by atoms with van der Waals surface area (Å²) >= 11 is 0. The Morgan fingerprint density at radius 3 is 2.06 bits per heavy atom. The average Bonchev–Trinajstić information content (AvgIpc) is 2.82. The van der Waals surface area contributed by atoms with E-state index in [9.17, 15) is 4.79 Å². The lowest BCUT2D eigenvalue weighted by Crippen LogP contribution is -2.44. The van der Waals surface area contributed by atoms with E-state index in [0.717, 1.165) is 29.8 Å². The van der Waals surface area contributed by atoms with Crippen LogP contribution in [0.4, 0.5) is 4.79 Å². The molecule has 0 spiro atoms. The number of hydrogen-bond acceptors (Lipinski definition) is 3. The second-order valence-corrected chi connectivity index (χ2v) is 10.5. The summed E-state index contributed by atoms with van der Waals surface area (Å²) in [7, 11) is 0. The number of ether oxygens (including phenoxy) is 1. The van der Waals surface area contributed by atoms with Crippen LogP contribution < -0.4 is 5.32 Å². The van der Waals surface area contributed by atoms with E-state index < -0.39 is 5.54 Å². The van der Waals surface area contributed by atoms with Crippen molar-refractivity contribution in [1.82, 2.24) is 10.2 Å². The SMILES string of the molecule is C=C(C)c1cccc(C(C)(C)NC(=O)OCN(CC(CC)CCCC)CC(CC)CCCC)c1. The van der Waals surface area contributed by atoms with E-state index in [-0.39, 0.29) is 6.09 Å². The summed E-state index contributed by atoms with van der Waals surface area (Å²) in [4.78, 5) is 15.2. The average molecular weight is 473 g/mol. The van der Waals surface area contributed by atoms with Crippen LogP contribution in [0.3, 0.4) is 0 Å². The molecule has 1 N–H and O–H groups in total. The first-order valence-electron chi connectivity index (χ1n) is 13.6. The van der Waals surface area contributed by atoms with Crippen LogP contribution in [-0.2, 0) is 10.3 Å². The summed E-state index contributed by atoms with van der Waals surface area (Å²) < 4.78 is 5.80. The zero-order chi connectivity index (χ0) is 25.6. The van der Waals surface area contributed by atoms with E-state index in [2.05, 4.69) is 50.6 Å². The molecule has 2 unspecified atom stereocenters. The van der Waals surface area contributed by atoms with Crippen molar-refractivity contribution in [3.05, 3.63) is 42.0 Å². The van der Waals surface area contributed by atoms with Gasteiger partial charge in [0.25, 0.3) is 0 Å². The molecule has 0 aliphatic heterocycles. The molecular weight excluding hydrogens is 420 g/mol. The third kappa shape index (κ3) is 11.1. The van der Waals surface area contributed by atoms with Gasteiger partial charge in [-0.25, -0.2) is 4.79 Å². The summed E-state index contributed by atoms with van der Waals surface area (Å²) in [5, 5.41) is 3.08. The van der Waals surface area contributed by atoms with Gasteiger partial charge in [-0.1, -0.05) is 96.6 Å². The molecule has 0 saturated carbocycles. The Bertz CT molecular complexity index is 710. The van der Waals surface area contributed by atoms with Gasteiger partial charge in [0.15, 0.2) is 0 Å². The number of alkyl carbamates (subject to hydrolysis) is 1. The molecule has 34 heavy (non-hydrogen) atoms. The maximum Gasteiger partial charge on any atom is 0.409 e. The molecular formula is C30H52N2O2. The molecule has 1 amide bonds. The Hall–Kier alpha value is -1.81. The minimum Gasteiger partial charge on any atom is -0.433 e. The minimum atomic E-state index is -0.534. The Labute approximate surface area is 210 Å². The zero-order valence-electron chi connectivity index (χ0n) is 23.2. The number of amides is 1. The minimum absolute atomic E-state index is 0.346. The largest absolute Gasteiger partial charge is 0.433 e. The molecule has 2 atom stereocenters. The van der Waals surface area contributed by atoms with Gasteiger partial charge in [0.1, 0.15) is 6.73 Å². The number of unbranched alkanes of at least 4 members (excludes halogenated alkanes) is 2. The van der Waals surface area contributed by atoms with Crippen molar-refractivity contribution in [2.75, 3.05) is 19.8 Å². The third-order valence-electron chi connectivity index (χ3n) is 6.99. The Balaban J connectivity index is 2.82. The van der Waals surface area contributed by atoms with Crippen molar-refractivity contribution < 1.29 is 9.53 Å². The van der Waals surface area contributed by atoms with Gasteiger partial charge in [-0.05, 0) is 62.6 Å². The van der Waals surface area contributed by atoms with E-state index >= 15 is 0 Å². The highest BCUT2D eigenvalue weighted by atomic mass is 16.6. The molecule has 0 fully saturated rings. The highest BCUT2D eigenvalue weighted by Gasteiger charge is 2.25. The van der Waals surface area contributed by atoms with Crippen LogP contribution in [0.2, 0.25) is 0 Å². The zero-order valence-corrected chi connectivity index (χ0v) is 23.2. The summed E-state index contributed by atoms with van der Waals surface area (Å²) in [6.45, 7) is 21.5. The van der Waals surface area contributed by atoms with Crippen LogP contribution in [0.15, 0.2) is 30.8 Å². The van der Waals surface area contributed by atoms with Gasteiger partial charge >= 0.3 is 6.09 Å². The molecule has 4 heteroatoms. The summed E-state index contributed by atoms with van der Waals surface area (Å²) in [6.07, 6.45) is 9.44. The van der Waals surface area contributed by atoms with Crippen molar-refractivity contribution in [3.8, 4) is 0 Å². The van der Waals surface area contributed by atoms with Crippen molar-refractivity contribution in [1.29, 1.82) is 0 Å². The third-order valence-corrected chi connectivity index (χ3v) is 6.99. The molecule has 0 aromatic heterocycles. The number of carbonyl (C=O) groups is 1. The van der Waals surface area contributed by atoms with Gasteiger partial charge in [-0.3, -0.25) is 4.90 Å². The topological polar surface area (TPSA) is 41.6 Å². The van der Waals surface area contributed by atoms with Crippen molar-refractivity contribution in [2.45, 2.75) is 105 Å². The fourth-order valence-corrected chi connectivity index (χ4v) is 4.43. The summed E-state index contributed by atoms with van der Waals surface area (Å²) in [5.41, 5.74) is 2.60. The predicted octanol–water partition coefficient (Wildman–Crippen LogP) is 8.37. The number of benzene rings is 1.